The van der Waals surface area contributed by atoms with E-state index in [1.54, 1.807) is 57.9 Å². The average molecular weight is 1010 g/mol. The summed E-state index contributed by atoms with van der Waals surface area (Å²) in [6.45, 7) is 0.565. The number of methoxy groups -OCH3 is 4. The summed E-state index contributed by atoms with van der Waals surface area (Å²) < 4.78 is 76.6. The maximum absolute atomic E-state index is 12.1. The Morgan fingerprint density at radius 3 is 1.23 bits per heavy atom. The summed E-state index contributed by atoms with van der Waals surface area (Å²) in [5.74, 6) is -2.43. The number of benzene rings is 3. The molecule has 6 rings (SSSR count). The molecule has 3 heterocycles. The number of nitrogen functional groups attached to an aromatic ring is 1. The zero-order chi connectivity index (χ0) is 51.4. The molecule has 378 valence electrons. The number of nitrogens with two attached hydrogens (primary N) is 1. The lowest BCUT2D eigenvalue weighted by Gasteiger charge is -2.09. The highest BCUT2D eigenvalue weighted by Gasteiger charge is 2.16. The minimum atomic E-state index is -3.52. The maximum atomic E-state index is 12.1. The Kier molecular flexibility index (Phi) is 21.1. The molecule has 70 heavy (non-hydrogen) atoms. The fraction of sp³-hybridized carbons (Fsp3) is 0.362. The number of ether oxygens (including phenoxy) is 4. The van der Waals surface area contributed by atoms with Gasteiger partial charge in [0.1, 0.15) is 0 Å². The molecule has 0 atom stereocenters. The van der Waals surface area contributed by atoms with Crippen molar-refractivity contribution >= 4 is 105 Å². The molecule has 0 aliphatic carbocycles. The smallest absolute Gasteiger partial charge is 0.305 e. The molecule has 0 unspecified atom stereocenters. The highest BCUT2D eigenvalue weighted by Crippen LogP contribution is 2.24. The Morgan fingerprint density at radius 2 is 0.871 bits per heavy atom. The Morgan fingerprint density at radius 1 is 0.514 bits per heavy atom. The van der Waals surface area contributed by atoms with E-state index in [1.807, 2.05) is 47.2 Å². The monoisotopic (exact) mass is 1010 g/mol. The Labute approximate surface area is 404 Å². The van der Waals surface area contributed by atoms with Crippen molar-refractivity contribution in [2.45, 2.75) is 58.2 Å². The first-order valence-electron chi connectivity index (χ1n) is 21.7. The number of carbonyl (C=O) groups excluding carboxylic acids is 5. The number of carboxylic acids is 1. The van der Waals surface area contributed by atoms with Crippen molar-refractivity contribution < 1.29 is 69.7 Å². The minimum absolute atomic E-state index is 0.00896. The molecule has 3 aromatic carbocycles. The summed E-state index contributed by atoms with van der Waals surface area (Å²) in [4.78, 5) is 68.4. The van der Waals surface area contributed by atoms with Crippen molar-refractivity contribution in [3.05, 3.63) is 91.4 Å². The number of fused-ring (bicyclic) bond motifs is 3. The van der Waals surface area contributed by atoms with Gasteiger partial charge in [0.05, 0.1) is 106 Å². The number of esters is 2. The molecule has 0 aliphatic rings. The van der Waals surface area contributed by atoms with Crippen LogP contribution in [-0.4, -0.2) is 124 Å². The van der Waals surface area contributed by atoms with Crippen LogP contribution in [0.15, 0.2) is 91.4 Å². The lowest BCUT2D eigenvalue weighted by Crippen LogP contribution is -2.19. The topological polar surface area (TPSA) is 293 Å². The molecule has 0 saturated heterocycles. The second-order valence-electron chi connectivity index (χ2n) is 15.7. The second kappa shape index (κ2) is 26.6. The van der Waals surface area contributed by atoms with E-state index in [0.29, 0.717) is 22.6 Å². The molecule has 5 N–H and O–H groups in total. The molecule has 0 fully saturated rings. The number of nitrogens with one attached hydrogen (secondary N) is 2. The SMILES string of the molecule is COC(=O)CCC(=O)Cn1ccc2ccc(N)cc21.COCCS(=O)(=O)Nc1ccc2ccn(CC(=O)CCC(=O)O)c2c1.COCCS(=O)(=O)Nc1ccc2ccn(CC(=O)CCC(=O)OC)c2c1. The van der Waals surface area contributed by atoms with Crippen LogP contribution in [0.2, 0.25) is 0 Å². The van der Waals surface area contributed by atoms with Crippen LogP contribution in [0, 0.1) is 0 Å². The standard InChI is InChI=1S/C17H22N2O6S.C16H20N2O6S.C14H16N2O3/c1-24-9-10-26(22,23)18-14-4-3-13-7-8-19(16(13)11-14)12-15(20)5-6-17(21)25-2;1-24-8-9-25(22,23)17-13-3-2-12-6-7-18(15(12)10-13)11-14(19)4-5-16(20)21;1-19-14(18)5-4-12(17)9-16-7-6-10-2-3-11(15)8-13(10)16/h3-4,7-8,11,18H,5-6,9-10,12H2,1-2H3;2-3,6-7,10,17H,4-5,8-9,11H2,1H3,(H,20,21);2-3,6-8H,4-5,9,15H2,1H3. The molecule has 23 heteroatoms. The van der Waals surface area contributed by atoms with Crippen LogP contribution in [0.25, 0.3) is 32.7 Å². The van der Waals surface area contributed by atoms with Crippen molar-refractivity contribution in [2.75, 3.05) is 68.3 Å². The van der Waals surface area contributed by atoms with Gasteiger partial charge in [-0.05, 0) is 70.8 Å². The largest absolute Gasteiger partial charge is 0.481 e. The zero-order valence-corrected chi connectivity index (χ0v) is 40.9. The Hall–Kier alpha value is -7.08. The van der Waals surface area contributed by atoms with Gasteiger partial charge in [0.15, 0.2) is 17.3 Å². The molecule has 0 radical (unpaired) electrons. The first kappa shape index (κ1) is 55.5. The number of aliphatic carboxylic acids is 1. The fourth-order valence-corrected chi connectivity index (χ4v) is 8.65. The van der Waals surface area contributed by atoms with E-state index in [2.05, 4.69) is 18.9 Å². The Balaban J connectivity index is 0.000000231. The van der Waals surface area contributed by atoms with E-state index in [-0.39, 0.29) is 106 Å². The number of anilines is 3. The minimum Gasteiger partial charge on any atom is -0.481 e. The zero-order valence-electron chi connectivity index (χ0n) is 39.3. The molecule has 0 saturated carbocycles. The molecule has 0 amide bonds. The quantitative estimate of drug-likeness (QED) is 0.0444. The molecule has 21 nitrogen and oxygen atoms in total. The van der Waals surface area contributed by atoms with Gasteiger partial charge in [-0.15, -0.1) is 0 Å². The number of hydrogen-bond donors (Lipinski definition) is 4. The fourth-order valence-electron chi connectivity index (χ4n) is 6.70. The number of ketones is 3. The molecular weight excluding hydrogens is 953 g/mol. The van der Waals surface area contributed by atoms with Gasteiger partial charge in [-0.3, -0.25) is 38.2 Å². The van der Waals surface area contributed by atoms with Gasteiger partial charge in [0.2, 0.25) is 20.0 Å². The Bertz CT molecular complexity index is 3010. The second-order valence-corrected chi connectivity index (χ2v) is 19.4. The summed E-state index contributed by atoms with van der Waals surface area (Å²) in [6, 6.07) is 21.3. The van der Waals surface area contributed by atoms with E-state index in [4.69, 9.17) is 20.3 Å². The summed E-state index contributed by atoms with van der Waals surface area (Å²) in [5, 5.41) is 11.4. The third-order valence-corrected chi connectivity index (χ3v) is 12.8. The van der Waals surface area contributed by atoms with Gasteiger partial charge in [-0.25, -0.2) is 16.8 Å². The third kappa shape index (κ3) is 18.1. The van der Waals surface area contributed by atoms with E-state index in [0.717, 1.165) is 27.2 Å². The van der Waals surface area contributed by atoms with Crippen molar-refractivity contribution in [2.24, 2.45) is 0 Å². The van der Waals surface area contributed by atoms with E-state index >= 15 is 0 Å². The van der Waals surface area contributed by atoms with E-state index in [9.17, 15) is 45.6 Å². The van der Waals surface area contributed by atoms with E-state index < -0.39 is 32.0 Å². The highest BCUT2D eigenvalue weighted by molar-refractivity contribution is 7.93. The van der Waals surface area contributed by atoms with Crippen LogP contribution >= 0.6 is 0 Å². The number of Topliss-reactive ketones (excluding diaryl/α,β-unsaturated/α-hetero) is 3. The van der Waals surface area contributed by atoms with Crippen LogP contribution in [0.1, 0.15) is 38.5 Å². The number of sulfonamides is 2. The highest BCUT2D eigenvalue weighted by atomic mass is 32.2. The average Bonchev–Trinajstić information content (AvgIpc) is 4.04. The van der Waals surface area contributed by atoms with Crippen molar-refractivity contribution in [3.63, 3.8) is 0 Å². The summed E-state index contributed by atoms with van der Waals surface area (Å²) in [5.41, 5.74) is 9.54. The first-order valence-corrected chi connectivity index (χ1v) is 25.0. The van der Waals surface area contributed by atoms with Crippen molar-refractivity contribution in [1.29, 1.82) is 0 Å². The van der Waals surface area contributed by atoms with Gasteiger partial charge in [-0.1, -0.05) is 18.2 Å². The van der Waals surface area contributed by atoms with Crippen LogP contribution in [0.3, 0.4) is 0 Å². The number of carboxylic acid groups (broad SMARTS) is 1. The van der Waals surface area contributed by atoms with Gasteiger partial charge >= 0.3 is 17.9 Å². The lowest BCUT2D eigenvalue weighted by atomic mass is 10.2. The molecule has 0 bridgehead atoms. The van der Waals surface area contributed by atoms with Crippen LogP contribution in [-0.2, 0) is 87.4 Å². The number of aromatic nitrogens is 3. The third-order valence-electron chi connectivity index (χ3n) is 10.3. The van der Waals surface area contributed by atoms with Crippen LogP contribution in [0.4, 0.5) is 17.1 Å². The molecule has 0 aliphatic heterocycles. The summed E-state index contributed by atoms with van der Waals surface area (Å²) in [6.07, 6.45) is 5.51. The van der Waals surface area contributed by atoms with Crippen LogP contribution < -0.4 is 15.2 Å². The number of hydrogen-bond acceptors (Lipinski definition) is 15. The summed E-state index contributed by atoms with van der Waals surface area (Å²) >= 11 is 0. The molecule has 6 aromatic rings. The van der Waals surface area contributed by atoms with Gasteiger partial charge in [0.25, 0.3) is 0 Å². The van der Waals surface area contributed by atoms with Gasteiger partial charge in [-0.2, -0.15) is 0 Å². The predicted molar refractivity (Wildman–Crippen MR) is 263 cm³/mol. The molecule has 0 spiro atoms. The predicted octanol–water partition coefficient (Wildman–Crippen LogP) is 4.76. The maximum Gasteiger partial charge on any atom is 0.305 e. The van der Waals surface area contributed by atoms with Gasteiger partial charge in [0, 0.05) is 57.8 Å². The number of nitrogens with zero attached hydrogens (tertiary/aromatic N) is 3. The van der Waals surface area contributed by atoms with Gasteiger partial charge < -0.3 is 43.5 Å². The lowest BCUT2D eigenvalue weighted by molar-refractivity contribution is -0.142. The van der Waals surface area contributed by atoms with Crippen LogP contribution in [0.5, 0.6) is 0 Å². The first-order chi connectivity index (χ1) is 33.2. The summed E-state index contributed by atoms with van der Waals surface area (Å²) in [7, 11) is -1.57. The van der Waals surface area contributed by atoms with Crippen molar-refractivity contribution in [1.82, 2.24) is 13.7 Å². The molecule has 3 aromatic heterocycles. The van der Waals surface area contributed by atoms with Crippen molar-refractivity contribution in [3.8, 4) is 0 Å². The number of carbonyl (C=O) groups is 6. The number of rotatable bonds is 25. The van der Waals surface area contributed by atoms with E-state index in [1.165, 1.54) is 28.4 Å². The normalized spacial score (nSPS) is 11.3. The molecular formula is C47H58N6O15S2.